The standard InChI is InChI=1S/C18H24N4O2/c19-16(23)12-22-17(13-21-10-6-2-1-3-7-11-21)20-15-9-5-4-8-14(15)18(22)24/h4-5,8-9H,1-3,6-7,10-13H2,(H2,19,23)/p+1. The number of amides is 1. The van der Waals surface area contributed by atoms with Crippen molar-refractivity contribution in [2.75, 3.05) is 13.1 Å². The maximum Gasteiger partial charge on any atom is 0.262 e. The zero-order valence-electron chi connectivity index (χ0n) is 14.0. The van der Waals surface area contributed by atoms with Crippen molar-refractivity contribution in [3.8, 4) is 0 Å². The van der Waals surface area contributed by atoms with E-state index in [1.165, 1.54) is 41.6 Å². The van der Waals surface area contributed by atoms with E-state index in [-0.39, 0.29) is 12.1 Å². The quantitative estimate of drug-likeness (QED) is 0.842. The number of para-hydroxylation sites is 1. The summed E-state index contributed by atoms with van der Waals surface area (Å²) in [4.78, 5) is 30.3. The van der Waals surface area contributed by atoms with Gasteiger partial charge in [0, 0.05) is 0 Å². The average molecular weight is 329 g/mol. The second-order valence-corrected chi connectivity index (χ2v) is 6.60. The summed E-state index contributed by atoms with van der Waals surface area (Å²) < 4.78 is 1.45. The van der Waals surface area contributed by atoms with Crippen LogP contribution in [0.1, 0.15) is 37.9 Å². The van der Waals surface area contributed by atoms with Gasteiger partial charge in [0.05, 0.1) is 24.0 Å². The van der Waals surface area contributed by atoms with Crippen molar-refractivity contribution in [3.63, 3.8) is 0 Å². The number of benzene rings is 1. The Kier molecular flexibility index (Phi) is 5.25. The fraction of sp³-hybridized carbons (Fsp3) is 0.500. The van der Waals surface area contributed by atoms with Crippen LogP contribution in [0.5, 0.6) is 0 Å². The van der Waals surface area contributed by atoms with E-state index in [0.29, 0.717) is 23.3 Å². The minimum absolute atomic E-state index is 0.112. The first-order chi connectivity index (χ1) is 11.6. The molecule has 3 N–H and O–H groups in total. The number of quaternary nitrogens is 1. The fourth-order valence-corrected chi connectivity index (χ4v) is 3.47. The number of nitrogens with two attached hydrogens (primary N) is 1. The van der Waals surface area contributed by atoms with Gasteiger partial charge in [-0.05, 0) is 37.8 Å². The van der Waals surface area contributed by atoms with Crippen molar-refractivity contribution in [1.29, 1.82) is 0 Å². The Bertz CT molecular complexity index is 776. The van der Waals surface area contributed by atoms with Gasteiger partial charge in [0.1, 0.15) is 13.1 Å². The van der Waals surface area contributed by atoms with Gasteiger partial charge in [-0.1, -0.05) is 18.6 Å². The number of primary amides is 1. The minimum atomic E-state index is -0.516. The van der Waals surface area contributed by atoms with Gasteiger partial charge in [-0.15, -0.1) is 0 Å². The number of carbonyl (C=O) groups is 1. The Morgan fingerprint density at radius 2 is 1.79 bits per heavy atom. The lowest BCUT2D eigenvalue weighted by Crippen LogP contribution is -3.11. The predicted molar refractivity (Wildman–Crippen MR) is 92.7 cm³/mol. The molecule has 128 valence electrons. The van der Waals surface area contributed by atoms with E-state index in [1.807, 2.05) is 18.2 Å². The van der Waals surface area contributed by atoms with E-state index in [2.05, 4.69) is 4.98 Å². The molecule has 0 aliphatic carbocycles. The summed E-state index contributed by atoms with van der Waals surface area (Å²) in [5, 5.41) is 0.533. The van der Waals surface area contributed by atoms with Gasteiger partial charge in [0.2, 0.25) is 5.91 Å². The molecule has 0 radical (unpaired) electrons. The van der Waals surface area contributed by atoms with E-state index in [0.717, 1.165) is 13.1 Å². The molecule has 3 rings (SSSR count). The molecule has 1 aromatic heterocycles. The SMILES string of the molecule is NC(=O)Cn1c(C[NH+]2CCCCCCC2)nc2ccccc2c1=O. The van der Waals surface area contributed by atoms with E-state index in [4.69, 9.17) is 5.73 Å². The summed E-state index contributed by atoms with van der Waals surface area (Å²) in [6.07, 6.45) is 6.24. The van der Waals surface area contributed by atoms with Crippen molar-refractivity contribution in [1.82, 2.24) is 9.55 Å². The maximum absolute atomic E-state index is 12.8. The number of likely N-dealkylation sites (tertiary alicyclic amines) is 1. The minimum Gasteiger partial charge on any atom is -0.368 e. The molecule has 2 heterocycles. The van der Waals surface area contributed by atoms with Gasteiger partial charge < -0.3 is 10.6 Å². The summed E-state index contributed by atoms with van der Waals surface area (Å²) in [5.41, 5.74) is 5.86. The fourth-order valence-electron chi connectivity index (χ4n) is 3.47. The number of nitrogens with zero attached hydrogens (tertiary/aromatic N) is 2. The molecular weight excluding hydrogens is 304 g/mol. The number of rotatable bonds is 4. The van der Waals surface area contributed by atoms with Crippen LogP contribution < -0.4 is 16.2 Å². The Labute approximate surface area is 141 Å². The Balaban J connectivity index is 1.97. The molecule has 1 amide bonds. The molecule has 0 bridgehead atoms. The first-order valence-corrected chi connectivity index (χ1v) is 8.75. The Morgan fingerprint density at radius 3 is 2.50 bits per heavy atom. The second kappa shape index (κ2) is 7.57. The molecule has 0 unspecified atom stereocenters. The average Bonchev–Trinajstić information content (AvgIpc) is 2.53. The summed E-state index contributed by atoms with van der Waals surface area (Å²) in [5.74, 6) is 0.145. The third kappa shape index (κ3) is 3.82. The molecule has 1 aliphatic rings. The van der Waals surface area contributed by atoms with Gasteiger partial charge in [-0.3, -0.25) is 14.2 Å². The lowest BCUT2D eigenvalue weighted by atomic mass is 10.1. The number of fused-ring (bicyclic) bond motifs is 1. The second-order valence-electron chi connectivity index (χ2n) is 6.60. The lowest BCUT2D eigenvalue weighted by molar-refractivity contribution is -0.915. The first-order valence-electron chi connectivity index (χ1n) is 8.75. The van der Waals surface area contributed by atoms with Crippen LogP contribution in [0.2, 0.25) is 0 Å². The van der Waals surface area contributed by atoms with Crippen molar-refractivity contribution in [2.45, 2.75) is 45.2 Å². The summed E-state index contributed by atoms with van der Waals surface area (Å²) >= 11 is 0. The summed E-state index contributed by atoms with van der Waals surface area (Å²) in [6.45, 7) is 2.71. The van der Waals surface area contributed by atoms with Crippen LogP contribution in [0.25, 0.3) is 10.9 Å². The van der Waals surface area contributed by atoms with Gasteiger partial charge >= 0.3 is 0 Å². The molecule has 6 nitrogen and oxygen atoms in total. The first kappa shape index (κ1) is 16.6. The van der Waals surface area contributed by atoms with E-state index >= 15 is 0 Å². The highest BCUT2D eigenvalue weighted by Crippen LogP contribution is 2.08. The summed E-state index contributed by atoms with van der Waals surface area (Å²) in [6, 6.07) is 7.27. The molecule has 2 aromatic rings. The van der Waals surface area contributed by atoms with Crippen LogP contribution in [-0.4, -0.2) is 28.5 Å². The van der Waals surface area contributed by atoms with Crippen LogP contribution in [0.3, 0.4) is 0 Å². The molecule has 1 aromatic carbocycles. The predicted octanol–water partition coefficient (Wildman–Crippen LogP) is 0.231. The number of aromatic nitrogens is 2. The Hall–Kier alpha value is -2.21. The molecule has 0 atom stereocenters. The van der Waals surface area contributed by atoms with Gasteiger partial charge in [0.25, 0.3) is 5.56 Å². The van der Waals surface area contributed by atoms with E-state index in [9.17, 15) is 9.59 Å². The van der Waals surface area contributed by atoms with Gasteiger partial charge in [0.15, 0.2) is 5.82 Å². The van der Waals surface area contributed by atoms with E-state index < -0.39 is 5.91 Å². The Morgan fingerprint density at radius 1 is 1.12 bits per heavy atom. The third-order valence-corrected chi connectivity index (χ3v) is 4.72. The van der Waals surface area contributed by atoms with Crippen LogP contribution in [0.15, 0.2) is 29.1 Å². The zero-order valence-corrected chi connectivity index (χ0v) is 14.0. The lowest BCUT2D eigenvalue weighted by Gasteiger charge is -2.22. The highest BCUT2D eigenvalue weighted by molar-refractivity contribution is 5.78. The molecule has 1 aliphatic heterocycles. The third-order valence-electron chi connectivity index (χ3n) is 4.72. The zero-order chi connectivity index (χ0) is 16.9. The number of carbonyl (C=O) groups excluding carboxylic acids is 1. The molecule has 6 heteroatoms. The van der Waals surface area contributed by atoms with E-state index in [1.54, 1.807) is 6.07 Å². The molecule has 1 fully saturated rings. The highest BCUT2D eigenvalue weighted by Gasteiger charge is 2.18. The smallest absolute Gasteiger partial charge is 0.262 e. The normalized spacial score (nSPS) is 16.7. The molecular formula is C18H25N4O2+. The number of hydrogen-bond acceptors (Lipinski definition) is 3. The largest absolute Gasteiger partial charge is 0.368 e. The monoisotopic (exact) mass is 329 g/mol. The van der Waals surface area contributed by atoms with Crippen molar-refractivity contribution in [3.05, 3.63) is 40.4 Å². The number of hydrogen-bond donors (Lipinski definition) is 2. The van der Waals surface area contributed by atoms with Crippen molar-refractivity contribution in [2.24, 2.45) is 5.73 Å². The van der Waals surface area contributed by atoms with Crippen LogP contribution >= 0.6 is 0 Å². The summed E-state index contributed by atoms with van der Waals surface area (Å²) in [7, 11) is 0. The van der Waals surface area contributed by atoms with Crippen LogP contribution in [-0.2, 0) is 17.9 Å². The molecule has 24 heavy (non-hydrogen) atoms. The van der Waals surface area contributed by atoms with Gasteiger partial charge in [-0.2, -0.15) is 0 Å². The highest BCUT2D eigenvalue weighted by atomic mass is 16.2. The van der Waals surface area contributed by atoms with Crippen molar-refractivity contribution >= 4 is 16.8 Å². The maximum atomic E-state index is 12.8. The number of nitrogens with one attached hydrogen (secondary N) is 1. The topological polar surface area (TPSA) is 82.4 Å². The molecule has 0 spiro atoms. The van der Waals surface area contributed by atoms with Crippen LogP contribution in [0.4, 0.5) is 0 Å². The van der Waals surface area contributed by atoms with Crippen LogP contribution in [0, 0.1) is 0 Å². The molecule has 1 saturated heterocycles. The molecule has 0 saturated carbocycles. The van der Waals surface area contributed by atoms with Crippen molar-refractivity contribution < 1.29 is 9.69 Å². The van der Waals surface area contributed by atoms with Gasteiger partial charge in [-0.25, -0.2) is 4.98 Å².